The number of hydrogen-bond acceptors (Lipinski definition) is 5. The van der Waals surface area contributed by atoms with Crippen LogP contribution in [0.2, 0.25) is 0 Å². The normalized spacial score (nSPS) is 17.0. The summed E-state index contributed by atoms with van der Waals surface area (Å²) in [7, 11) is 1.64. The second-order valence-electron chi connectivity index (χ2n) is 6.37. The zero-order chi connectivity index (χ0) is 18.9. The summed E-state index contributed by atoms with van der Waals surface area (Å²) < 4.78 is 44.6. The Morgan fingerprint density at radius 3 is 2.88 bits per heavy atom. The van der Waals surface area contributed by atoms with E-state index in [1.807, 2.05) is 0 Å². The number of halogens is 3. The fraction of sp³-hybridized carbons (Fsp3) is 0.600. The van der Waals surface area contributed by atoms with Gasteiger partial charge in [-0.1, -0.05) is 5.16 Å². The van der Waals surface area contributed by atoms with Gasteiger partial charge in [0.05, 0.1) is 6.54 Å². The van der Waals surface area contributed by atoms with Gasteiger partial charge in [0.25, 0.3) is 0 Å². The van der Waals surface area contributed by atoms with E-state index in [2.05, 4.69) is 20.4 Å². The summed E-state index contributed by atoms with van der Waals surface area (Å²) in [5.41, 5.74) is -0.866. The maximum atomic E-state index is 12.8. The van der Waals surface area contributed by atoms with Crippen molar-refractivity contribution < 1.29 is 22.5 Å². The summed E-state index contributed by atoms with van der Waals surface area (Å²) in [6.07, 6.45) is -2.27. The van der Waals surface area contributed by atoms with Gasteiger partial charge in [-0.2, -0.15) is 18.2 Å². The van der Waals surface area contributed by atoms with Crippen molar-refractivity contribution in [1.29, 1.82) is 0 Å². The molecular weight excluding hydrogens is 353 g/mol. The first-order valence-electron chi connectivity index (χ1n) is 8.13. The van der Waals surface area contributed by atoms with Crippen molar-refractivity contribution >= 4 is 6.03 Å². The molecule has 0 unspecified atom stereocenters. The highest BCUT2D eigenvalue weighted by molar-refractivity contribution is 5.73. The van der Waals surface area contributed by atoms with Crippen molar-refractivity contribution in [3.8, 4) is 0 Å². The highest BCUT2D eigenvalue weighted by Gasteiger charge is 2.36. The number of fused-ring (bicyclic) bond motifs is 1. The van der Waals surface area contributed by atoms with E-state index in [1.54, 1.807) is 14.0 Å². The molecule has 2 aromatic rings. The second kappa shape index (κ2) is 6.96. The monoisotopic (exact) mass is 372 g/mol. The molecule has 0 saturated heterocycles. The molecule has 3 rings (SSSR count). The molecule has 2 aromatic heterocycles. The van der Waals surface area contributed by atoms with E-state index in [4.69, 9.17) is 4.52 Å². The van der Waals surface area contributed by atoms with Crippen molar-refractivity contribution in [1.82, 2.24) is 29.9 Å². The van der Waals surface area contributed by atoms with Gasteiger partial charge in [-0.05, 0) is 12.3 Å². The summed E-state index contributed by atoms with van der Waals surface area (Å²) in [6.45, 7) is 2.63. The molecule has 0 saturated carbocycles. The average molecular weight is 372 g/mol. The predicted octanol–water partition coefficient (Wildman–Crippen LogP) is 2.00. The zero-order valence-corrected chi connectivity index (χ0v) is 14.4. The van der Waals surface area contributed by atoms with Crippen molar-refractivity contribution in [3.63, 3.8) is 0 Å². The fourth-order valence-corrected chi connectivity index (χ4v) is 2.97. The van der Waals surface area contributed by atoms with Crippen molar-refractivity contribution in [2.75, 3.05) is 13.6 Å². The van der Waals surface area contributed by atoms with E-state index < -0.39 is 11.9 Å². The Morgan fingerprint density at radius 1 is 1.46 bits per heavy atom. The van der Waals surface area contributed by atoms with Gasteiger partial charge in [-0.3, -0.25) is 0 Å². The first-order valence-corrected chi connectivity index (χ1v) is 8.13. The average Bonchev–Trinajstić information content (AvgIpc) is 3.17. The lowest BCUT2D eigenvalue weighted by Crippen LogP contribution is -2.41. The number of hydrogen-bond donors (Lipinski definition) is 1. The molecule has 1 aliphatic rings. The number of carbonyl (C=O) groups excluding carboxylic acids is 1. The van der Waals surface area contributed by atoms with Crippen molar-refractivity contribution in [3.05, 3.63) is 29.4 Å². The molecule has 26 heavy (non-hydrogen) atoms. The largest absolute Gasteiger partial charge is 0.434 e. The molecule has 1 atom stereocenters. The summed E-state index contributed by atoms with van der Waals surface area (Å²) in [6, 6.07) is -0.306. The molecule has 2 amide bonds. The minimum Gasteiger partial charge on any atom is -0.340 e. The van der Waals surface area contributed by atoms with E-state index in [1.165, 1.54) is 9.47 Å². The molecule has 0 spiro atoms. The predicted molar refractivity (Wildman–Crippen MR) is 82.9 cm³/mol. The van der Waals surface area contributed by atoms with Crippen LogP contribution in [0.4, 0.5) is 18.0 Å². The topological polar surface area (TPSA) is 89.1 Å². The van der Waals surface area contributed by atoms with E-state index in [-0.39, 0.29) is 18.5 Å². The molecule has 3 heterocycles. The van der Waals surface area contributed by atoms with Crippen LogP contribution in [0.3, 0.4) is 0 Å². The highest BCUT2D eigenvalue weighted by Crippen LogP contribution is 2.30. The van der Waals surface area contributed by atoms with Gasteiger partial charge < -0.3 is 19.3 Å². The molecule has 0 aromatic carbocycles. The lowest BCUT2D eigenvalue weighted by molar-refractivity contribution is -0.141. The second-order valence-corrected chi connectivity index (χ2v) is 6.37. The number of aromatic nitrogens is 4. The first kappa shape index (κ1) is 18.2. The van der Waals surface area contributed by atoms with Gasteiger partial charge in [0.1, 0.15) is 5.82 Å². The number of carbonyl (C=O) groups is 1. The first-order chi connectivity index (χ1) is 12.2. The Balaban J connectivity index is 1.52. The van der Waals surface area contributed by atoms with Gasteiger partial charge >= 0.3 is 12.2 Å². The van der Waals surface area contributed by atoms with Crippen molar-refractivity contribution in [2.24, 2.45) is 5.92 Å². The van der Waals surface area contributed by atoms with Crippen LogP contribution in [0.15, 0.2) is 10.7 Å². The minimum absolute atomic E-state index is 0.0564. The van der Waals surface area contributed by atoms with E-state index in [0.29, 0.717) is 43.5 Å². The number of nitrogens with zero attached hydrogens (tertiary/aromatic N) is 5. The Morgan fingerprint density at radius 2 is 2.23 bits per heavy atom. The van der Waals surface area contributed by atoms with Crippen LogP contribution in [0.25, 0.3) is 0 Å². The fourth-order valence-electron chi connectivity index (χ4n) is 2.97. The Kier molecular flexibility index (Phi) is 4.88. The number of amides is 2. The number of urea groups is 1. The highest BCUT2D eigenvalue weighted by atomic mass is 19.4. The van der Waals surface area contributed by atoms with E-state index in [9.17, 15) is 18.0 Å². The Hall–Kier alpha value is -2.59. The standard InChI is InChI=1S/C15H19F3N6O2/c1-9-20-12(22-26-9)5-19-14(25)23(2)6-10-3-4-13-21-11(15(16,17)18)8-24(13)7-10/h8,10H,3-7H2,1-2H3,(H,19,25)/t10-/m1/s1. The van der Waals surface area contributed by atoms with Gasteiger partial charge in [0.2, 0.25) is 5.89 Å². The molecule has 1 aliphatic heterocycles. The van der Waals surface area contributed by atoms with Crippen LogP contribution in [0.5, 0.6) is 0 Å². The lowest BCUT2D eigenvalue weighted by Gasteiger charge is -2.28. The van der Waals surface area contributed by atoms with E-state index >= 15 is 0 Å². The summed E-state index contributed by atoms with van der Waals surface area (Å²) in [5, 5.41) is 6.37. The molecule has 0 radical (unpaired) electrons. The van der Waals surface area contributed by atoms with Crippen LogP contribution >= 0.6 is 0 Å². The molecule has 0 aliphatic carbocycles. The molecule has 0 fully saturated rings. The molecule has 0 bridgehead atoms. The number of rotatable bonds is 4. The smallest absolute Gasteiger partial charge is 0.340 e. The SMILES string of the molecule is Cc1nc(CNC(=O)N(C)C[C@H]2CCc3nc(C(F)(F)F)cn3C2)no1. The van der Waals surface area contributed by atoms with Crippen LogP contribution in [0.1, 0.15) is 29.7 Å². The number of aryl methyl sites for hydroxylation is 2. The van der Waals surface area contributed by atoms with Gasteiger partial charge in [0, 0.05) is 39.7 Å². The Labute approximate surface area is 147 Å². The van der Waals surface area contributed by atoms with E-state index in [0.717, 1.165) is 6.20 Å². The van der Waals surface area contributed by atoms with Crippen LogP contribution in [-0.2, 0) is 25.7 Å². The third kappa shape index (κ3) is 4.14. The number of alkyl halides is 3. The number of imidazole rings is 1. The molecule has 142 valence electrons. The summed E-state index contributed by atoms with van der Waals surface area (Å²) in [5.74, 6) is 1.29. The number of nitrogens with one attached hydrogen (secondary N) is 1. The summed E-state index contributed by atoms with van der Waals surface area (Å²) in [4.78, 5) is 21.3. The van der Waals surface area contributed by atoms with Crippen LogP contribution in [-0.4, -0.2) is 44.2 Å². The zero-order valence-electron chi connectivity index (χ0n) is 14.4. The van der Waals surface area contributed by atoms with Gasteiger partial charge in [0.15, 0.2) is 11.5 Å². The quantitative estimate of drug-likeness (QED) is 0.887. The molecule has 11 heteroatoms. The third-order valence-corrected chi connectivity index (χ3v) is 4.23. The van der Waals surface area contributed by atoms with Crippen molar-refractivity contribution in [2.45, 2.75) is 39.0 Å². The molecule has 1 N–H and O–H groups in total. The maximum absolute atomic E-state index is 12.8. The van der Waals surface area contributed by atoms with Crippen LogP contribution in [0, 0.1) is 12.8 Å². The molecular formula is C15H19F3N6O2. The maximum Gasteiger partial charge on any atom is 0.434 e. The minimum atomic E-state index is -4.44. The Bertz CT molecular complexity index is 785. The molecule has 8 nitrogen and oxygen atoms in total. The van der Waals surface area contributed by atoms with Gasteiger partial charge in [-0.25, -0.2) is 9.78 Å². The van der Waals surface area contributed by atoms with Gasteiger partial charge in [-0.15, -0.1) is 0 Å². The third-order valence-electron chi connectivity index (χ3n) is 4.23. The summed E-state index contributed by atoms with van der Waals surface area (Å²) >= 11 is 0. The lowest BCUT2D eigenvalue weighted by atomic mass is 9.99. The van der Waals surface area contributed by atoms with Crippen LogP contribution < -0.4 is 5.32 Å².